The molecule has 6 rings (SSSR count). The van der Waals surface area contributed by atoms with Crippen molar-refractivity contribution in [3.63, 3.8) is 0 Å². The molecule has 0 spiro atoms. The lowest BCUT2D eigenvalue weighted by molar-refractivity contribution is 1.49. The highest BCUT2D eigenvalue weighted by atomic mass is 32.1. The van der Waals surface area contributed by atoms with Gasteiger partial charge in [0.05, 0.1) is 21.8 Å². The topological polar surface area (TPSA) is 39.6 Å². The predicted octanol–water partition coefficient (Wildman–Crippen LogP) is 6.71. The number of hydrogen-bond acceptors (Lipinski definition) is 2. The van der Waals surface area contributed by atoms with Gasteiger partial charge in [0.25, 0.3) is 0 Å². The van der Waals surface area contributed by atoms with Crippen LogP contribution in [0.25, 0.3) is 52.8 Å². The van der Waals surface area contributed by atoms with Gasteiger partial charge in [0.1, 0.15) is 0 Å². The minimum Gasteiger partial charge on any atom is -0.353 e. The SMILES string of the molecule is N#Cc1ccc2[nH]c3c4sc5ccccc5c4c4ccccc4c3c2c1. The van der Waals surface area contributed by atoms with Crippen LogP contribution in [-0.2, 0) is 0 Å². The highest BCUT2D eigenvalue weighted by Gasteiger charge is 2.17. The maximum atomic E-state index is 9.33. The first-order valence-corrected chi connectivity index (χ1v) is 9.34. The van der Waals surface area contributed by atoms with Gasteiger partial charge in [-0.05, 0) is 35.0 Å². The van der Waals surface area contributed by atoms with Gasteiger partial charge in [-0.25, -0.2) is 0 Å². The molecular weight excluding hydrogens is 336 g/mol. The predicted molar refractivity (Wildman–Crippen MR) is 111 cm³/mol. The second-order valence-electron chi connectivity index (χ2n) is 6.60. The zero-order valence-electron chi connectivity index (χ0n) is 13.7. The summed E-state index contributed by atoms with van der Waals surface area (Å²) in [5.74, 6) is 0. The molecule has 0 atom stereocenters. The fourth-order valence-electron chi connectivity index (χ4n) is 4.12. The smallest absolute Gasteiger partial charge is 0.0991 e. The molecule has 120 valence electrons. The number of aromatic amines is 1. The Kier molecular flexibility index (Phi) is 2.59. The van der Waals surface area contributed by atoms with Gasteiger partial charge >= 0.3 is 0 Å². The van der Waals surface area contributed by atoms with Crippen molar-refractivity contribution in [1.82, 2.24) is 4.98 Å². The van der Waals surface area contributed by atoms with Crippen molar-refractivity contribution in [1.29, 1.82) is 5.26 Å². The third-order valence-electron chi connectivity index (χ3n) is 5.22. The molecule has 0 saturated heterocycles. The van der Waals surface area contributed by atoms with E-state index in [-0.39, 0.29) is 0 Å². The van der Waals surface area contributed by atoms with Gasteiger partial charge in [0.15, 0.2) is 0 Å². The molecule has 0 radical (unpaired) electrons. The molecule has 0 aliphatic heterocycles. The molecule has 2 heterocycles. The van der Waals surface area contributed by atoms with Gasteiger partial charge < -0.3 is 4.98 Å². The van der Waals surface area contributed by atoms with E-state index >= 15 is 0 Å². The van der Waals surface area contributed by atoms with Crippen LogP contribution < -0.4 is 0 Å². The molecule has 0 bridgehead atoms. The van der Waals surface area contributed by atoms with E-state index in [0.717, 1.165) is 10.9 Å². The number of benzene rings is 4. The van der Waals surface area contributed by atoms with Gasteiger partial charge in [-0.3, -0.25) is 0 Å². The van der Waals surface area contributed by atoms with Crippen LogP contribution in [0.1, 0.15) is 5.56 Å². The number of nitrogens with one attached hydrogen (secondary N) is 1. The van der Waals surface area contributed by atoms with Crippen molar-refractivity contribution in [2.75, 3.05) is 0 Å². The molecule has 0 aliphatic rings. The van der Waals surface area contributed by atoms with Crippen LogP contribution in [-0.4, -0.2) is 4.98 Å². The third kappa shape index (κ3) is 1.64. The van der Waals surface area contributed by atoms with E-state index in [9.17, 15) is 5.26 Å². The van der Waals surface area contributed by atoms with E-state index in [0.29, 0.717) is 5.56 Å². The average Bonchev–Trinajstić information content (AvgIpc) is 3.26. The summed E-state index contributed by atoms with van der Waals surface area (Å²) < 4.78 is 2.59. The number of nitrogens with zero attached hydrogens (tertiary/aromatic N) is 1. The van der Waals surface area contributed by atoms with E-state index in [1.807, 2.05) is 29.5 Å². The van der Waals surface area contributed by atoms with Gasteiger partial charge in [0.2, 0.25) is 0 Å². The van der Waals surface area contributed by atoms with Crippen LogP contribution in [0, 0.1) is 11.3 Å². The third-order valence-corrected chi connectivity index (χ3v) is 6.40. The standard InChI is InChI=1S/C23H12N2S/c24-12-13-9-10-18-17(11-13)20-14-5-1-2-6-15(14)21-16-7-3-4-8-19(16)26-23(21)22(20)25-18/h1-11,25H. The van der Waals surface area contributed by atoms with Crippen LogP contribution in [0.2, 0.25) is 0 Å². The van der Waals surface area contributed by atoms with E-state index in [2.05, 4.69) is 59.6 Å². The normalized spacial score (nSPS) is 11.8. The Morgan fingerprint density at radius 3 is 2.31 bits per heavy atom. The Morgan fingerprint density at radius 2 is 1.50 bits per heavy atom. The van der Waals surface area contributed by atoms with Crippen LogP contribution in [0.4, 0.5) is 0 Å². The molecule has 2 nitrogen and oxygen atoms in total. The molecule has 0 aliphatic carbocycles. The van der Waals surface area contributed by atoms with Crippen molar-refractivity contribution >= 4 is 64.1 Å². The number of aromatic nitrogens is 1. The molecule has 0 unspecified atom stereocenters. The molecular formula is C23H12N2S. The fourth-order valence-corrected chi connectivity index (χ4v) is 5.34. The van der Waals surface area contributed by atoms with Crippen molar-refractivity contribution in [2.45, 2.75) is 0 Å². The van der Waals surface area contributed by atoms with Crippen molar-refractivity contribution in [3.8, 4) is 6.07 Å². The average molecular weight is 348 g/mol. The highest BCUT2D eigenvalue weighted by Crippen LogP contribution is 2.45. The van der Waals surface area contributed by atoms with Crippen molar-refractivity contribution in [3.05, 3.63) is 72.3 Å². The number of rotatable bonds is 0. The second kappa shape index (κ2) is 4.85. The first kappa shape index (κ1) is 13.9. The van der Waals surface area contributed by atoms with E-state index < -0.39 is 0 Å². The van der Waals surface area contributed by atoms with Crippen molar-refractivity contribution in [2.24, 2.45) is 0 Å². The zero-order valence-corrected chi connectivity index (χ0v) is 14.5. The van der Waals surface area contributed by atoms with Gasteiger partial charge in [-0.2, -0.15) is 5.26 Å². The first-order chi connectivity index (χ1) is 12.8. The highest BCUT2D eigenvalue weighted by molar-refractivity contribution is 7.27. The number of hydrogen-bond donors (Lipinski definition) is 1. The Labute approximate surface area is 152 Å². The molecule has 6 aromatic rings. The summed E-state index contributed by atoms with van der Waals surface area (Å²) in [6.07, 6.45) is 0. The lowest BCUT2D eigenvalue weighted by atomic mass is 9.98. The van der Waals surface area contributed by atoms with Crippen LogP contribution >= 0.6 is 11.3 Å². The molecule has 1 N–H and O–H groups in total. The van der Waals surface area contributed by atoms with Crippen molar-refractivity contribution < 1.29 is 0 Å². The second-order valence-corrected chi connectivity index (χ2v) is 7.65. The quantitative estimate of drug-likeness (QED) is 0.325. The summed E-state index contributed by atoms with van der Waals surface area (Å²) in [4.78, 5) is 3.63. The number of H-pyrrole nitrogens is 1. The number of fused-ring (bicyclic) bond motifs is 10. The molecule has 0 amide bonds. The number of thiophene rings is 1. The number of nitriles is 1. The zero-order chi connectivity index (χ0) is 17.3. The summed E-state index contributed by atoms with van der Waals surface area (Å²) in [6.45, 7) is 0. The summed E-state index contributed by atoms with van der Waals surface area (Å²) >= 11 is 1.83. The Hall–Kier alpha value is -3.35. The summed E-state index contributed by atoms with van der Waals surface area (Å²) in [5, 5.41) is 16.8. The maximum Gasteiger partial charge on any atom is 0.0991 e. The van der Waals surface area contributed by atoms with Gasteiger partial charge in [-0.15, -0.1) is 11.3 Å². The lowest BCUT2D eigenvalue weighted by Gasteiger charge is -2.04. The Bertz CT molecular complexity index is 1540. The molecule has 4 aromatic carbocycles. The van der Waals surface area contributed by atoms with Crippen LogP contribution in [0.3, 0.4) is 0 Å². The van der Waals surface area contributed by atoms with Gasteiger partial charge in [0, 0.05) is 31.8 Å². The summed E-state index contributed by atoms with van der Waals surface area (Å²) in [7, 11) is 0. The monoisotopic (exact) mass is 348 g/mol. The van der Waals surface area contributed by atoms with E-state index in [4.69, 9.17) is 0 Å². The van der Waals surface area contributed by atoms with Crippen LogP contribution in [0.5, 0.6) is 0 Å². The van der Waals surface area contributed by atoms with Gasteiger partial charge in [-0.1, -0.05) is 42.5 Å². The summed E-state index contributed by atoms with van der Waals surface area (Å²) in [6, 6.07) is 25.4. The molecule has 0 fully saturated rings. The Balaban J connectivity index is 2.01. The minimum atomic E-state index is 0.693. The van der Waals surface area contributed by atoms with E-state index in [1.54, 1.807) is 0 Å². The molecule has 0 saturated carbocycles. The minimum absolute atomic E-state index is 0.693. The summed E-state index contributed by atoms with van der Waals surface area (Å²) in [5.41, 5.74) is 2.94. The van der Waals surface area contributed by atoms with E-state index in [1.165, 1.54) is 41.8 Å². The first-order valence-electron chi connectivity index (χ1n) is 8.52. The molecule has 3 heteroatoms. The molecule has 2 aromatic heterocycles. The van der Waals surface area contributed by atoms with Crippen LogP contribution in [0.15, 0.2) is 66.7 Å². The molecule has 26 heavy (non-hydrogen) atoms. The fraction of sp³-hybridized carbons (Fsp3) is 0. The Morgan fingerprint density at radius 1 is 0.769 bits per heavy atom. The maximum absolute atomic E-state index is 9.33. The largest absolute Gasteiger partial charge is 0.353 e. The lowest BCUT2D eigenvalue weighted by Crippen LogP contribution is -1.78.